The van der Waals surface area contributed by atoms with Crippen molar-refractivity contribution in [2.75, 3.05) is 31.7 Å². The molecule has 0 radical (unpaired) electrons. The molecule has 1 heterocycles. The number of methoxy groups -OCH3 is 1. The number of amides is 3. The van der Waals surface area contributed by atoms with Crippen molar-refractivity contribution in [1.82, 2.24) is 4.90 Å². The molecule has 2 aromatic rings. The van der Waals surface area contributed by atoms with Crippen LogP contribution in [0.15, 0.2) is 59.5 Å². The maximum absolute atomic E-state index is 12.8. The first-order chi connectivity index (χ1) is 14.0. The zero-order valence-electron chi connectivity index (χ0n) is 15.8. The number of ether oxygens (including phenoxy) is 1. The number of nitrogens with zero attached hydrogens (tertiary/aromatic N) is 2. The molecule has 150 valence electrons. The molecule has 1 aliphatic rings. The van der Waals surface area contributed by atoms with Gasteiger partial charge in [-0.25, -0.2) is 0 Å². The average Bonchev–Trinajstić information content (AvgIpc) is 3.00. The van der Waals surface area contributed by atoms with Crippen LogP contribution in [-0.2, 0) is 9.59 Å². The fourth-order valence-electron chi connectivity index (χ4n) is 2.85. The molecular formula is C21H20N2O5S. The van der Waals surface area contributed by atoms with Crippen LogP contribution in [-0.4, -0.2) is 53.9 Å². The van der Waals surface area contributed by atoms with Crippen molar-refractivity contribution in [2.45, 2.75) is 0 Å². The molecule has 0 atom stereocenters. The molecule has 0 spiro atoms. The minimum atomic E-state index is -0.520. The summed E-state index contributed by atoms with van der Waals surface area (Å²) in [6, 6.07) is 15.9. The Morgan fingerprint density at radius 1 is 1.17 bits per heavy atom. The van der Waals surface area contributed by atoms with Gasteiger partial charge in [-0.05, 0) is 47.7 Å². The molecule has 3 rings (SSSR count). The fourth-order valence-corrected chi connectivity index (χ4v) is 3.68. The second-order valence-electron chi connectivity index (χ2n) is 6.15. The highest BCUT2D eigenvalue weighted by Crippen LogP contribution is 2.32. The third kappa shape index (κ3) is 4.85. The van der Waals surface area contributed by atoms with Gasteiger partial charge in [0.05, 0.1) is 18.6 Å². The summed E-state index contributed by atoms with van der Waals surface area (Å²) in [6.07, 6.45) is 1.60. The van der Waals surface area contributed by atoms with Crippen LogP contribution in [0.3, 0.4) is 0 Å². The minimum absolute atomic E-state index is 0.0682. The first-order valence-electron chi connectivity index (χ1n) is 8.89. The summed E-state index contributed by atoms with van der Waals surface area (Å²) in [6.45, 7) is -0.563. The van der Waals surface area contributed by atoms with Crippen molar-refractivity contribution in [3.63, 3.8) is 0 Å². The average molecular weight is 412 g/mol. The van der Waals surface area contributed by atoms with E-state index in [1.807, 2.05) is 6.07 Å². The molecule has 1 saturated heterocycles. The first kappa shape index (κ1) is 20.6. The van der Waals surface area contributed by atoms with Crippen molar-refractivity contribution in [2.24, 2.45) is 0 Å². The predicted molar refractivity (Wildman–Crippen MR) is 112 cm³/mol. The summed E-state index contributed by atoms with van der Waals surface area (Å²) < 4.78 is 5.16. The predicted octanol–water partition coefficient (Wildman–Crippen LogP) is 2.76. The Balaban J connectivity index is 1.77. The van der Waals surface area contributed by atoms with Crippen LogP contribution in [0.4, 0.5) is 10.5 Å². The van der Waals surface area contributed by atoms with E-state index in [2.05, 4.69) is 0 Å². The summed E-state index contributed by atoms with van der Waals surface area (Å²) in [5.74, 6) is -0.334. The quantitative estimate of drug-likeness (QED) is 0.704. The third-order valence-corrected chi connectivity index (χ3v) is 5.16. The molecule has 1 N–H and O–H groups in total. The molecule has 1 aliphatic heterocycles. The van der Waals surface area contributed by atoms with Crippen LogP contribution < -0.4 is 9.64 Å². The standard InChI is InChI=1S/C21H20N2O5S/c1-28-17-9-5-6-15(12-17)13-18-20(26)23(21(27)29-18)14-19(25)22(10-11-24)16-7-3-2-4-8-16/h2-9,12-13,24H,10-11,14H2,1H3/b18-13-. The van der Waals surface area contributed by atoms with Crippen molar-refractivity contribution in [3.8, 4) is 5.75 Å². The number of aliphatic hydroxyl groups is 1. The van der Waals surface area contributed by atoms with Gasteiger partial charge < -0.3 is 14.7 Å². The Kier molecular flexibility index (Phi) is 6.69. The van der Waals surface area contributed by atoms with Crippen molar-refractivity contribution in [1.29, 1.82) is 0 Å². The zero-order valence-corrected chi connectivity index (χ0v) is 16.6. The number of carbonyl (C=O) groups excluding carboxylic acids is 3. The topological polar surface area (TPSA) is 87.2 Å². The Morgan fingerprint density at radius 2 is 1.93 bits per heavy atom. The SMILES string of the molecule is COc1cccc(/C=C2\SC(=O)N(CC(=O)N(CCO)c3ccccc3)C2=O)c1. The van der Waals surface area contributed by atoms with Gasteiger partial charge in [0.2, 0.25) is 5.91 Å². The fraction of sp³-hybridized carbons (Fsp3) is 0.190. The largest absolute Gasteiger partial charge is 0.497 e. The number of anilines is 1. The van der Waals surface area contributed by atoms with Crippen molar-refractivity contribution < 1.29 is 24.2 Å². The number of imide groups is 1. The Labute approximate surface area is 172 Å². The van der Waals surface area contributed by atoms with Crippen LogP contribution >= 0.6 is 11.8 Å². The second kappa shape index (κ2) is 9.40. The van der Waals surface area contributed by atoms with E-state index < -0.39 is 23.6 Å². The van der Waals surface area contributed by atoms with Crippen LogP contribution in [0, 0.1) is 0 Å². The molecule has 2 aromatic carbocycles. The molecule has 0 bridgehead atoms. The summed E-state index contributed by atoms with van der Waals surface area (Å²) >= 11 is 0.791. The van der Waals surface area contributed by atoms with Crippen molar-refractivity contribution in [3.05, 3.63) is 65.1 Å². The van der Waals surface area contributed by atoms with Crippen molar-refractivity contribution >= 4 is 40.6 Å². The number of aliphatic hydroxyl groups excluding tert-OH is 1. The number of hydrogen-bond acceptors (Lipinski definition) is 6. The summed E-state index contributed by atoms with van der Waals surface area (Å²) in [5, 5.41) is 8.79. The maximum Gasteiger partial charge on any atom is 0.294 e. The first-order valence-corrected chi connectivity index (χ1v) is 9.71. The molecule has 29 heavy (non-hydrogen) atoms. The zero-order chi connectivity index (χ0) is 20.8. The van der Waals surface area contributed by atoms with Gasteiger partial charge in [-0.3, -0.25) is 19.3 Å². The third-order valence-electron chi connectivity index (χ3n) is 4.25. The molecule has 0 aromatic heterocycles. The van der Waals surface area contributed by atoms with Gasteiger partial charge in [-0.2, -0.15) is 0 Å². The van der Waals surface area contributed by atoms with E-state index >= 15 is 0 Å². The van der Waals surface area contributed by atoms with E-state index in [1.54, 1.807) is 61.7 Å². The van der Waals surface area contributed by atoms with Crippen LogP contribution in [0.25, 0.3) is 6.08 Å². The number of hydrogen-bond donors (Lipinski definition) is 1. The van der Waals surface area contributed by atoms with Gasteiger partial charge in [-0.15, -0.1) is 0 Å². The lowest BCUT2D eigenvalue weighted by Gasteiger charge is -2.23. The number of benzene rings is 2. The molecule has 7 nitrogen and oxygen atoms in total. The van der Waals surface area contributed by atoms with Crippen LogP contribution in [0.1, 0.15) is 5.56 Å². The Hall–Kier alpha value is -3.10. The van der Waals surface area contributed by atoms with E-state index in [0.717, 1.165) is 16.7 Å². The smallest absolute Gasteiger partial charge is 0.294 e. The van der Waals surface area contributed by atoms with E-state index in [4.69, 9.17) is 4.74 Å². The molecule has 0 aliphatic carbocycles. The molecule has 1 fully saturated rings. The molecule has 0 saturated carbocycles. The highest BCUT2D eigenvalue weighted by molar-refractivity contribution is 8.18. The van der Waals surface area contributed by atoms with Gasteiger partial charge in [0.1, 0.15) is 12.3 Å². The number of para-hydroxylation sites is 1. The lowest BCUT2D eigenvalue weighted by Crippen LogP contribution is -2.43. The molecule has 8 heteroatoms. The maximum atomic E-state index is 12.8. The summed E-state index contributed by atoms with van der Waals surface area (Å²) in [4.78, 5) is 40.3. The van der Waals surface area contributed by atoms with Crippen LogP contribution in [0.2, 0.25) is 0 Å². The van der Waals surface area contributed by atoms with Gasteiger partial charge >= 0.3 is 0 Å². The minimum Gasteiger partial charge on any atom is -0.497 e. The normalized spacial score (nSPS) is 15.1. The Bertz CT molecular complexity index is 945. The van der Waals surface area contributed by atoms with E-state index in [0.29, 0.717) is 17.0 Å². The monoisotopic (exact) mass is 412 g/mol. The lowest BCUT2D eigenvalue weighted by atomic mass is 10.2. The highest BCUT2D eigenvalue weighted by Gasteiger charge is 2.37. The van der Waals surface area contributed by atoms with Gasteiger partial charge in [-0.1, -0.05) is 30.3 Å². The summed E-state index contributed by atoms with van der Waals surface area (Å²) in [5.41, 5.74) is 1.30. The second-order valence-corrected chi connectivity index (χ2v) is 7.14. The molecule has 0 unspecified atom stereocenters. The molecular weight excluding hydrogens is 392 g/mol. The number of thioether (sulfide) groups is 1. The number of carbonyl (C=O) groups is 3. The highest BCUT2D eigenvalue weighted by atomic mass is 32.2. The van der Waals surface area contributed by atoms with Crippen LogP contribution in [0.5, 0.6) is 5.75 Å². The van der Waals surface area contributed by atoms with E-state index in [9.17, 15) is 19.5 Å². The van der Waals surface area contributed by atoms with Gasteiger partial charge in [0.25, 0.3) is 11.1 Å². The van der Waals surface area contributed by atoms with Gasteiger partial charge in [0.15, 0.2) is 0 Å². The molecule has 3 amide bonds. The van der Waals surface area contributed by atoms with Gasteiger partial charge in [0, 0.05) is 12.2 Å². The number of rotatable bonds is 7. The lowest BCUT2D eigenvalue weighted by molar-refractivity contribution is -0.128. The van der Waals surface area contributed by atoms with E-state index in [-0.39, 0.29) is 18.1 Å². The summed E-state index contributed by atoms with van der Waals surface area (Å²) in [7, 11) is 1.55. The van der Waals surface area contributed by atoms with E-state index in [1.165, 1.54) is 4.90 Å². The Morgan fingerprint density at radius 3 is 2.62 bits per heavy atom.